The molecule has 10 heteroatoms. The molecule has 7 nitrogen and oxygen atoms in total. The summed E-state index contributed by atoms with van der Waals surface area (Å²) in [6.07, 6.45) is 4.30. The van der Waals surface area contributed by atoms with Crippen LogP contribution in [0.3, 0.4) is 0 Å². The van der Waals surface area contributed by atoms with Crippen molar-refractivity contribution in [1.29, 1.82) is 0 Å². The van der Waals surface area contributed by atoms with Gasteiger partial charge in [0.1, 0.15) is 23.0 Å². The second-order valence-electron chi connectivity index (χ2n) is 8.77. The summed E-state index contributed by atoms with van der Waals surface area (Å²) < 4.78 is 39.9. The van der Waals surface area contributed by atoms with Crippen LogP contribution in [0.15, 0.2) is 43.2 Å². The van der Waals surface area contributed by atoms with E-state index in [-0.39, 0.29) is 17.7 Å². The number of amides is 1. The maximum Gasteiger partial charge on any atom is 0.245 e. The van der Waals surface area contributed by atoms with Crippen LogP contribution < -0.4 is 14.8 Å². The maximum atomic E-state index is 14.5. The van der Waals surface area contributed by atoms with Crippen molar-refractivity contribution in [2.24, 2.45) is 11.8 Å². The summed E-state index contributed by atoms with van der Waals surface area (Å²) in [6.45, 7) is 4.98. The summed E-state index contributed by atoms with van der Waals surface area (Å²) in [5.74, 6) is 0.297. The van der Waals surface area contributed by atoms with Gasteiger partial charge in [-0.05, 0) is 49.0 Å². The molecule has 5 rings (SSSR count). The van der Waals surface area contributed by atoms with Crippen LogP contribution >= 0.6 is 11.6 Å². The second kappa shape index (κ2) is 9.30. The average molecular weight is 501 g/mol. The third-order valence-corrected chi connectivity index (χ3v) is 7.04. The Morgan fingerprint density at radius 1 is 1.20 bits per heavy atom. The molecule has 0 radical (unpaired) electrons. The second-order valence-corrected chi connectivity index (χ2v) is 9.15. The average Bonchev–Trinajstić information content (AvgIpc) is 3.42. The molecule has 2 aromatic carbocycles. The lowest BCUT2D eigenvalue weighted by atomic mass is 10.0. The first-order valence-corrected chi connectivity index (χ1v) is 11.6. The molecule has 0 bridgehead atoms. The van der Waals surface area contributed by atoms with Gasteiger partial charge in [0, 0.05) is 24.5 Å². The van der Waals surface area contributed by atoms with E-state index < -0.39 is 16.7 Å². The number of halogens is 3. The lowest BCUT2D eigenvalue weighted by Crippen LogP contribution is -2.29. The molecule has 3 aromatic rings. The van der Waals surface area contributed by atoms with Gasteiger partial charge < -0.3 is 19.7 Å². The molecule has 3 atom stereocenters. The molecule has 182 valence electrons. The first kappa shape index (κ1) is 23.3. The van der Waals surface area contributed by atoms with Crippen LogP contribution in [-0.4, -0.2) is 47.1 Å². The van der Waals surface area contributed by atoms with E-state index >= 15 is 0 Å². The molecule has 1 saturated heterocycles. The van der Waals surface area contributed by atoms with Crippen molar-refractivity contribution >= 4 is 39.9 Å². The van der Waals surface area contributed by atoms with Gasteiger partial charge in [-0.1, -0.05) is 18.2 Å². The Morgan fingerprint density at radius 2 is 1.94 bits per heavy atom. The lowest BCUT2D eigenvalue weighted by Gasteiger charge is -2.20. The smallest absolute Gasteiger partial charge is 0.245 e. The number of carbonyl (C=O) groups is 1. The standard InChI is InChI=1S/C25H23ClF2N4O3/c1-3-22(33)32-10-13-6-15(7-14(13)11-32)35-21-8-16-19(9-20(21)34-2)29-12-30-25(16)31-18-5-4-17(27)23(26)24(18)28/h3-5,8-9,12-15H,1,6-7,10-11H2,2H3,(H,29,30,31)/t13-,14+,15?. The molecule has 1 saturated carbocycles. The normalized spacial score (nSPS) is 21.1. The van der Waals surface area contributed by atoms with Gasteiger partial charge in [-0.25, -0.2) is 18.7 Å². The zero-order chi connectivity index (χ0) is 24.7. The number of fused-ring (bicyclic) bond motifs is 2. The van der Waals surface area contributed by atoms with E-state index in [1.165, 1.54) is 18.5 Å². The number of benzene rings is 2. The molecule has 1 aromatic heterocycles. The van der Waals surface area contributed by atoms with Crippen molar-refractivity contribution < 1.29 is 23.0 Å². The zero-order valence-corrected chi connectivity index (χ0v) is 19.7. The first-order valence-electron chi connectivity index (χ1n) is 11.2. The van der Waals surface area contributed by atoms with Crippen molar-refractivity contribution in [1.82, 2.24) is 14.9 Å². The van der Waals surface area contributed by atoms with E-state index in [1.807, 2.05) is 4.90 Å². The van der Waals surface area contributed by atoms with Crippen molar-refractivity contribution in [3.05, 3.63) is 59.9 Å². The Hall–Kier alpha value is -3.46. The third-order valence-electron chi connectivity index (χ3n) is 6.70. The van der Waals surface area contributed by atoms with Gasteiger partial charge in [-0.15, -0.1) is 0 Å². The largest absolute Gasteiger partial charge is 0.493 e. The minimum Gasteiger partial charge on any atom is -0.493 e. The summed E-state index contributed by atoms with van der Waals surface area (Å²) >= 11 is 5.72. The summed E-state index contributed by atoms with van der Waals surface area (Å²) in [5, 5.41) is 2.85. The van der Waals surface area contributed by atoms with E-state index in [2.05, 4.69) is 21.9 Å². The maximum absolute atomic E-state index is 14.5. The highest BCUT2D eigenvalue weighted by molar-refractivity contribution is 6.31. The van der Waals surface area contributed by atoms with Crippen molar-refractivity contribution in [3.63, 3.8) is 0 Å². The fourth-order valence-corrected chi connectivity index (χ4v) is 5.16. The number of nitrogens with zero attached hydrogens (tertiary/aromatic N) is 3. The Kier molecular flexibility index (Phi) is 6.19. The fourth-order valence-electron chi connectivity index (χ4n) is 4.99. The predicted molar refractivity (Wildman–Crippen MR) is 128 cm³/mol. The van der Waals surface area contributed by atoms with Crippen LogP contribution in [0.5, 0.6) is 11.5 Å². The first-order chi connectivity index (χ1) is 16.9. The number of aromatic nitrogens is 2. The number of likely N-dealkylation sites (tertiary alicyclic amines) is 1. The van der Waals surface area contributed by atoms with E-state index in [1.54, 1.807) is 19.2 Å². The highest BCUT2D eigenvalue weighted by Crippen LogP contribution is 2.42. The molecular formula is C25H23ClF2N4O3. The molecule has 2 aliphatic rings. The Morgan fingerprint density at radius 3 is 2.63 bits per heavy atom. The molecule has 1 aliphatic carbocycles. The Bertz CT molecular complexity index is 1310. The molecule has 1 unspecified atom stereocenters. The third kappa shape index (κ3) is 4.36. The highest BCUT2D eigenvalue weighted by Gasteiger charge is 2.43. The van der Waals surface area contributed by atoms with Crippen LogP contribution in [0.1, 0.15) is 12.8 Å². The molecular weight excluding hydrogens is 478 g/mol. The minimum atomic E-state index is -0.912. The van der Waals surface area contributed by atoms with Gasteiger partial charge in [0.25, 0.3) is 0 Å². The molecule has 2 fully saturated rings. The van der Waals surface area contributed by atoms with Crippen molar-refractivity contribution in [2.45, 2.75) is 18.9 Å². The van der Waals surface area contributed by atoms with Crippen molar-refractivity contribution in [3.8, 4) is 11.5 Å². The molecule has 1 aliphatic heterocycles. The Balaban J connectivity index is 1.40. The van der Waals surface area contributed by atoms with E-state index in [0.717, 1.165) is 18.9 Å². The number of ether oxygens (including phenoxy) is 2. The van der Waals surface area contributed by atoms with Gasteiger partial charge in [-0.2, -0.15) is 0 Å². The molecule has 0 spiro atoms. The van der Waals surface area contributed by atoms with Gasteiger partial charge in [0.2, 0.25) is 5.91 Å². The number of hydrogen-bond acceptors (Lipinski definition) is 6. The molecule has 35 heavy (non-hydrogen) atoms. The van der Waals surface area contributed by atoms with E-state index in [9.17, 15) is 13.6 Å². The number of nitrogens with one attached hydrogen (secondary N) is 1. The monoisotopic (exact) mass is 500 g/mol. The van der Waals surface area contributed by atoms with Crippen LogP contribution in [-0.2, 0) is 4.79 Å². The zero-order valence-electron chi connectivity index (χ0n) is 18.9. The van der Waals surface area contributed by atoms with Gasteiger partial charge in [0.15, 0.2) is 17.3 Å². The van der Waals surface area contributed by atoms with Crippen LogP contribution in [0.25, 0.3) is 10.9 Å². The van der Waals surface area contributed by atoms with E-state index in [0.29, 0.717) is 53.1 Å². The number of anilines is 2. The quantitative estimate of drug-likeness (QED) is 0.374. The lowest BCUT2D eigenvalue weighted by molar-refractivity contribution is -0.125. The fraction of sp³-hybridized carbons (Fsp3) is 0.320. The van der Waals surface area contributed by atoms with Crippen molar-refractivity contribution in [2.75, 3.05) is 25.5 Å². The number of carbonyl (C=O) groups excluding carboxylic acids is 1. The number of rotatable bonds is 6. The predicted octanol–water partition coefficient (Wildman–Crippen LogP) is 5.12. The topological polar surface area (TPSA) is 76.6 Å². The van der Waals surface area contributed by atoms with Crippen LogP contribution in [0.2, 0.25) is 5.02 Å². The summed E-state index contributed by atoms with van der Waals surface area (Å²) in [4.78, 5) is 22.3. The van der Waals surface area contributed by atoms with E-state index in [4.69, 9.17) is 21.1 Å². The molecule has 2 heterocycles. The summed E-state index contributed by atoms with van der Waals surface area (Å²) in [6, 6.07) is 5.81. The minimum absolute atomic E-state index is 0.0167. The van der Waals surface area contributed by atoms with Crippen LogP contribution in [0, 0.1) is 23.5 Å². The van der Waals surface area contributed by atoms with Gasteiger partial charge >= 0.3 is 0 Å². The number of methoxy groups -OCH3 is 1. The summed E-state index contributed by atoms with van der Waals surface area (Å²) in [5.41, 5.74) is 0.541. The number of hydrogen-bond donors (Lipinski definition) is 1. The molecule has 1 amide bonds. The van der Waals surface area contributed by atoms with Gasteiger partial charge in [-0.3, -0.25) is 4.79 Å². The van der Waals surface area contributed by atoms with Crippen LogP contribution in [0.4, 0.5) is 20.3 Å². The SMILES string of the molecule is C=CC(=O)N1C[C@H]2CC(Oc3cc4c(Nc5ccc(F)c(Cl)c5F)ncnc4cc3OC)C[C@H]2C1. The highest BCUT2D eigenvalue weighted by atomic mass is 35.5. The molecule has 1 N–H and O–H groups in total. The Labute approximate surface area is 205 Å². The summed E-state index contributed by atoms with van der Waals surface area (Å²) in [7, 11) is 1.55. The van der Waals surface area contributed by atoms with Gasteiger partial charge in [0.05, 0.1) is 24.4 Å².